The molecule has 4 unspecified atom stereocenters. The van der Waals surface area contributed by atoms with Crippen LogP contribution in [-0.4, -0.2) is 17.5 Å². The molecule has 3 heteroatoms. The maximum atomic E-state index is 4.54. The first-order chi connectivity index (χ1) is 11.4. The lowest BCUT2D eigenvalue weighted by Gasteiger charge is -2.57. The molecule has 0 amide bonds. The summed E-state index contributed by atoms with van der Waals surface area (Å²) in [6.07, 6.45) is 7.89. The van der Waals surface area contributed by atoms with Crippen LogP contribution in [0.5, 0.6) is 0 Å². The first-order valence-electron chi connectivity index (χ1n) is 9.07. The molecule has 2 fully saturated rings. The molecule has 2 N–H and O–H groups in total. The monoisotopic (exact) mass is 363 g/mol. The molecule has 0 saturated heterocycles. The lowest BCUT2D eigenvalue weighted by atomic mass is 9.48. The van der Waals surface area contributed by atoms with Crippen LogP contribution in [0.4, 0.5) is 0 Å². The fourth-order valence-corrected chi connectivity index (χ4v) is 6.64. The molecule has 0 heterocycles. The van der Waals surface area contributed by atoms with Crippen molar-refractivity contribution in [1.82, 2.24) is 0 Å². The number of hydrogen-bond donors (Lipinski definition) is 1. The number of fused-ring (bicyclic) bond motifs is 2. The van der Waals surface area contributed by atoms with E-state index in [9.17, 15) is 0 Å². The van der Waals surface area contributed by atoms with Crippen molar-refractivity contribution in [3.63, 3.8) is 0 Å². The number of nitrogens with two attached hydrogens (primary N) is 1. The van der Waals surface area contributed by atoms with Crippen LogP contribution in [0.15, 0.2) is 30.3 Å². The van der Waals surface area contributed by atoms with Gasteiger partial charge in [-0.3, -0.25) is 0 Å². The highest BCUT2D eigenvalue weighted by atomic mass is 32.2. The van der Waals surface area contributed by atoms with Crippen LogP contribution in [0.2, 0.25) is 0 Å². The van der Waals surface area contributed by atoms with Crippen molar-refractivity contribution < 1.29 is 0 Å². The fraction of sp³-hybridized carbons (Fsp3) is 0.667. The Kier molecular flexibility index (Phi) is 6.78. The van der Waals surface area contributed by atoms with Gasteiger partial charge in [0.25, 0.3) is 0 Å². The Balaban J connectivity index is 0.000000647. The molecule has 2 saturated carbocycles. The van der Waals surface area contributed by atoms with Crippen molar-refractivity contribution in [3.8, 4) is 0 Å². The standard InChI is InChI=1S/C20H30S.CH3NS/c1-15-10-20(17-8-6-5-7-9-17)12-16(18(15)13-21-4)11-19(2,3)14-20;2-1-3/h5-9,15-16,18H,10-14H2,1-4H3;1H,(H2,2,3). The third-order valence-corrected chi connectivity index (χ3v) is 6.80. The van der Waals surface area contributed by atoms with E-state index < -0.39 is 0 Å². The summed E-state index contributed by atoms with van der Waals surface area (Å²) in [4.78, 5) is 0. The molecule has 1 nitrogen and oxygen atoms in total. The minimum absolute atomic E-state index is 0.446. The van der Waals surface area contributed by atoms with Gasteiger partial charge in [-0.05, 0) is 71.8 Å². The molecule has 2 aliphatic rings. The molecular weight excluding hydrogens is 330 g/mol. The first-order valence-corrected chi connectivity index (χ1v) is 10.9. The maximum absolute atomic E-state index is 4.54. The second-order valence-corrected chi connectivity index (χ2v) is 9.78. The van der Waals surface area contributed by atoms with Crippen LogP contribution in [-0.2, 0) is 5.41 Å². The van der Waals surface area contributed by atoms with Crippen LogP contribution in [0.25, 0.3) is 0 Å². The van der Waals surface area contributed by atoms with Gasteiger partial charge in [-0.15, -0.1) is 0 Å². The number of hydrogen-bond acceptors (Lipinski definition) is 2. The lowest BCUT2D eigenvalue weighted by Crippen LogP contribution is -2.50. The summed E-state index contributed by atoms with van der Waals surface area (Å²) in [7, 11) is 0. The summed E-state index contributed by atoms with van der Waals surface area (Å²) < 4.78 is 0. The summed E-state index contributed by atoms with van der Waals surface area (Å²) >= 11 is 6.10. The highest BCUT2D eigenvalue weighted by Gasteiger charge is 2.52. The Hall–Kier alpha value is -0.540. The van der Waals surface area contributed by atoms with Crippen molar-refractivity contribution in [2.24, 2.45) is 28.9 Å². The second kappa shape index (κ2) is 8.23. The van der Waals surface area contributed by atoms with E-state index in [2.05, 4.69) is 87.1 Å². The minimum Gasteiger partial charge on any atom is -0.396 e. The zero-order valence-electron chi connectivity index (χ0n) is 15.6. The van der Waals surface area contributed by atoms with E-state index >= 15 is 0 Å². The van der Waals surface area contributed by atoms with Crippen LogP contribution in [0, 0.1) is 23.2 Å². The van der Waals surface area contributed by atoms with E-state index in [1.165, 1.54) is 31.4 Å². The van der Waals surface area contributed by atoms with Crippen LogP contribution in [0.3, 0.4) is 0 Å². The largest absolute Gasteiger partial charge is 0.396 e. The van der Waals surface area contributed by atoms with Crippen LogP contribution >= 0.6 is 24.0 Å². The molecule has 134 valence electrons. The van der Waals surface area contributed by atoms with Gasteiger partial charge in [0.1, 0.15) is 0 Å². The molecule has 4 atom stereocenters. The van der Waals surface area contributed by atoms with Crippen LogP contribution < -0.4 is 5.73 Å². The Labute approximate surface area is 158 Å². The Morgan fingerprint density at radius 1 is 1.21 bits per heavy atom. The van der Waals surface area contributed by atoms with Gasteiger partial charge in [-0.2, -0.15) is 11.8 Å². The van der Waals surface area contributed by atoms with Gasteiger partial charge in [0, 0.05) is 0 Å². The zero-order chi connectivity index (χ0) is 17.8. The molecule has 0 spiro atoms. The first kappa shape index (κ1) is 19.8. The van der Waals surface area contributed by atoms with E-state index in [0.29, 0.717) is 10.8 Å². The number of thiocarbonyl (C=S) groups is 1. The van der Waals surface area contributed by atoms with Crippen molar-refractivity contribution in [2.45, 2.75) is 51.9 Å². The van der Waals surface area contributed by atoms with Gasteiger partial charge in [0.05, 0.1) is 5.49 Å². The Morgan fingerprint density at radius 2 is 1.83 bits per heavy atom. The molecule has 0 aliphatic heterocycles. The summed E-state index contributed by atoms with van der Waals surface area (Å²) in [6, 6.07) is 11.4. The van der Waals surface area contributed by atoms with Gasteiger partial charge in [-0.25, -0.2) is 0 Å². The molecule has 0 aromatic heterocycles. The summed E-state index contributed by atoms with van der Waals surface area (Å²) in [6.45, 7) is 7.52. The highest BCUT2D eigenvalue weighted by Crippen LogP contribution is 2.59. The highest BCUT2D eigenvalue weighted by molar-refractivity contribution is 7.98. The van der Waals surface area contributed by atoms with E-state index in [1.54, 1.807) is 5.56 Å². The molecule has 2 bridgehead atoms. The van der Waals surface area contributed by atoms with E-state index in [-0.39, 0.29) is 0 Å². The second-order valence-electron chi connectivity index (χ2n) is 8.59. The van der Waals surface area contributed by atoms with E-state index in [1.807, 2.05) is 0 Å². The number of rotatable bonds is 3. The zero-order valence-corrected chi connectivity index (χ0v) is 17.3. The topological polar surface area (TPSA) is 26.0 Å². The fourth-order valence-electron chi connectivity index (χ4n) is 5.66. The van der Waals surface area contributed by atoms with Crippen molar-refractivity contribution in [3.05, 3.63) is 35.9 Å². The number of benzene rings is 1. The predicted molar refractivity (Wildman–Crippen MR) is 113 cm³/mol. The predicted octanol–water partition coefficient (Wildman–Crippen LogP) is 5.67. The minimum atomic E-state index is 0.446. The number of thioether (sulfide) groups is 1. The third-order valence-electron chi connectivity index (χ3n) is 6.08. The Morgan fingerprint density at radius 3 is 2.42 bits per heavy atom. The molecule has 0 radical (unpaired) electrons. The van der Waals surface area contributed by atoms with Gasteiger partial charge in [0.2, 0.25) is 0 Å². The van der Waals surface area contributed by atoms with Gasteiger partial charge < -0.3 is 5.73 Å². The normalized spacial score (nSPS) is 33.9. The van der Waals surface area contributed by atoms with Gasteiger partial charge in [-0.1, -0.05) is 63.3 Å². The molecule has 1 aromatic rings. The smallest absolute Gasteiger partial charge is 0.0588 e. The average Bonchev–Trinajstić information content (AvgIpc) is 2.51. The average molecular weight is 364 g/mol. The van der Waals surface area contributed by atoms with Crippen LogP contribution in [0.1, 0.15) is 52.0 Å². The van der Waals surface area contributed by atoms with E-state index in [4.69, 9.17) is 0 Å². The molecular formula is C21H33NS2. The SMILES string of the molecule is CSCC1C(C)CC2(c3ccccc3)CC1CC(C)(C)C2.NC=S. The van der Waals surface area contributed by atoms with Crippen molar-refractivity contribution >= 4 is 29.5 Å². The summed E-state index contributed by atoms with van der Waals surface area (Å²) in [5.41, 5.74) is 8.17. The van der Waals surface area contributed by atoms with Crippen molar-refractivity contribution in [2.75, 3.05) is 12.0 Å². The van der Waals surface area contributed by atoms with Gasteiger partial charge in [0.15, 0.2) is 0 Å². The molecule has 1 aromatic carbocycles. The quantitative estimate of drug-likeness (QED) is 0.700. The van der Waals surface area contributed by atoms with Crippen molar-refractivity contribution in [1.29, 1.82) is 0 Å². The lowest BCUT2D eigenvalue weighted by molar-refractivity contribution is -0.00545. The summed E-state index contributed by atoms with van der Waals surface area (Å²) in [5.74, 6) is 4.07. The maximum Gasteiger partial charge on any atom is 0.0588 e. The molecule has 24 heavy (non-hydrogen) atoms. The van der Waals surface area contributed by atoms with Gasteiger partial charge >= 0.3 is 0 Å². The molecule has 2 aliphatic carbocycles. The summed E-state index contributed by atoms with van der Waals surface area (Å²) in [5, 5.41) is 0. The Bertz CT molecular complexity index is 524. The molecule has 3 rings (SSSR count). The third kappa shape index (κ3) is 4.35. The van der Waals surface area contributed by atoms with E-state index in [0.717, 1.165) is 23.2 Å².